The first-order valence-electron chi connectivity index (χ1n) is 9.43. The molecular weight excluding hydrogens is 376 g/mol. The van der Waals surface area contributed by atoms with E-state index in [4.69, 9.17) is 16.3 Å². The summed E-state index contributed by atoms with van der Waals surface area (Å²) in [6.45, 7) is 11.8. The number of pyridine rings is 1. The van der Waals surface area contributed by atoms with E-state index in [0.717, 1.165) is 12.0 Å². The first-order chi connectivity index (χ1) is 13.2. The highest BCUT2D eigenvalue weighted by Gasteiger charge is 2.25. The molecule has 0 saturated carbocycles. The zero-order chi connectivity index (χ0) is 21.3. The Hall–Kier alpha value is -2.40. The number of benzene rings is 1. The molecule has 28 heavy (non-hydrogen) atoms. The van der Waals surface area contributed by atoms with Gasteiger partial charge in [0.2, 0.25) is 0 Å². The van der Waals surface area contributed by atoms with Crippen molar-refractivity contribution in [1.82, 2.24) is 4.98 Å². The van der Waals surface area contributed by atoms with Crippen LogP contribution in [0, 0.1) is 0 Å². The SMILES string of the molecule is CC.CCc1ccc(CN(C(=O)OC(C)(C)C)c2ccc(C=O)c(Cl)n2)cc1. The molecular formula is C22H29ClN2O3. The van der Waals surface area contributed by atoms with Crippen LogP contribution in [0.25, 0.3) is 0 Å². The van der Waals surface area contributed by atoms with Crippen LogP contribution in [0.4, 0.5) is 10.6 Å². The lowest BCUT2D eigenvalue weighted by atomic mass is 10.1. The van der Waals surface area contributed by atoms with Gasteiger partial charge in [0, 0.05) is 0 Å². The van der Waals surface area contributed by atoms with Gasteiger partial charge in [0.1, 0.15) is 16.6 Å². The Balaban J connectivity index is 0.00000190. The van der Waals surface area contributed by atoms with Gasteiger partial charge in [-0.05, 0) is 50.5 Å². The quantitative estimate of drug-likeness (QED) is 0.447. The molecule has 1 amide bonds. The summed E-state index contributed by atoms with van der Waals surface area (Å²) < 4.78 is 5.50. The lowest BCUT2D eigenvalue weighted by molar-refractivity contribution is 0.0576. The summed E-state index contributed by atoms with van der Waals surface area (Å²) in [6.07, 6.45) is 1.04. The second-order valence-electron chi connectivity index (χ2n) is 6.90. The van der Waals surface area contributed by atoms with E-state index in [9.17, 15) is 9.59 Å². The number of halogens is 1. The van der Waals surface area contributed by atoms with Crippen molar-refractivity contribution in [2.45, 2.75) is 60.1 Å². The van der Waals surface area contributed by atoms with Gasteiger partial charge in [-0.15, -0.1) is 0 Å². The number of aryl methyl sites for hydroxylation is 1. The van der Waals surface area contributed by atoms with Crippen LogP contribution in [0.1, 0.15) is 63.0 Å². The normalized spacial score (nSPS) is 10.5. The molecule has 0 fully saturated rings. The number of carbonyl (C=O) groups is 2. The number of anilines is 1. The molecule has 0 radical (unpaired) electrons. The van der Waals surface area contributed by atoms with Crippen molar-refractivity contribution in [3.05, 3.63) is 58.2 Å². The highest BCUT2D eigenvalue weighted by Crippen LogP contribution is 2.23. The van der Waals surface area contributed by atoms with Gasteiger partial charge in [0.05, 0.1) is 12.1 Å². The second kappa shape index (κ2) is 10.8. The molecule has 6 heteroatoms. The minimum absolute atomic E-state index is 0.0485. The maximum absolute atomic E-state index is 12.7. The molecule has 0 atom stereocenters. The monoisotopic (exact) mass is 404 g/mol. The Kier molecular flexibility index (Phi) is 9.13. The van der Waals surface area contributed by atoms with Crippen LogP contribution in [0.2, 0.25) is 5.15 Å². The lowest BCUT2D eigenvalue weighted by Crippen LogP contribution is -2.37. The van der Waals surface area contributed by atoms with E-state index in [1.54, 1.807) is 26.8 Å². The standard InChI is InChI=1S/C20H23ClN2O3.C2H6/c1-5-14-6-8-15(9-7-14)12-23(19(25)26-20(2,3)4)17-11-10-16(13-24)18(21)22-17;1-2/h6-11,13H,5,12H2,1-4H3;1-2H3. The summed E-state index contributed by atoms with van der Waals surface area (Å²) >= 11 is 6.03. The van der Waals surface area contributed by atoms with Crippen molar-refractivity contribution in [3.8, 4) is 0 Å². The van der Waals surface area contributed by atoms with E-state index in [1.807, 2.05) is 38.1 Å². The van der Waals surface area contributed by atoms with Crippen molar-refractivity contribution in [1.29, 1.82) is 0 Å². The van der Waals surface area contributed by atoms with E-state index < -0.39 is 11.7 Å². The minimum atomic E-state index is -0.645. The van der Waals surface area contributed by atoms with Gasteiger partial charge in [0.25, 0.3) is 0 Å². The van der Waals surface area contributed by atoms with Gasteiger partial charge in [-0.2, -0.15) is 0 Å². The number of aromatic nitrogens is 1. The van der Waals surface area contributed by atoms with E-state index in [1.165, 1.54) is 16.5 Å². The molecule has 1 aromatic heterocycles. The second-order valence-corrected chi connectivity index (χ2v) is 7.26. The molecule has 0 N–H and O–H groups in total. The Morgan fingerprint density at radius 2 is 1.68 bits per heavy atom. The third-order valence-electron chi connectivity index (χ3n) is 3.65. The summed E-state index contributed by atoms with van der Waals surface area (Å²) in [7, 11) is 0. The fraction of sp³-hybridized carbons (Fsp3) is 0.409. The Morgan fingerprint density at radius 1 is 1.11 bits per heavy atom. The topological polar surface area (TPSA) is 59.5 Å². The number of ether oxygens (including phenoxy) is 1. The van der Waals surface area contributed by atoms with Gasteiger partial charge in [-0.3, -0.25) is 9.69 Å². The molecule has 0 aliphatic rings. The number of hydrogen-bond donors (Lipinski definition) is 0. The fourth-order valence-electron chi connectivity index (χ4n) is 2.29. The van der Waals surface area contributed by atoms with Gasteiger partial charge >= 0.3 is 6.09 Å². The molecule has 5 nitrogen and oxygen atoms in total. The maximum atomic E-state index is 12.7. The molecule has 0 saturated heterocycles. The molecule has 0 unspecified atom stereocenters. The van der Waals surface area contributed by atoms with Crippen LogP contribution < -0.4 is 4.90 Å². The predicted molar refractivity (Wildman–Crippen MR) is 114 cm³/mol. The summed E-state index contributed by atoms with van der Waals surface area (Å²) in [6, 6.07) is 11.1. The summed E-state index contributed by atoms with van der Waals surface area (Å²) in [5.41, 5.74) is 1.78. The number of aldehydes is 1. The third-order valence-corrected chi connectivity index (χ3v) is 3.95. The van der Waals surface area contributed by atoms with E-state index in [-0.39, 0.29) is 17.3 Å². The third kappa shape index (κ3) is 6.97. The van der Waals surface area contributed by atoms with E-state index in [0.29, 0.717) is 12.1 Å². The fourth-order valence-corrected chi connectivity index (χ4v) is 2.49. The Morgan fingerprint density at radius 3 is 2.14 bits per heavy atom. The van der Waals surface area contributed by atoms with Gasteiger partial charge < -0.3 is 4.74 Å². The van der Waals surface area contributed by atoms with Crippen molar-refractivity contribution >= 4 is 29.8 Å². The van der Waals surface area contributed by atoms with Crippen LogP contribution in [-0.4, -0.2) is 23.0 Å². The van der Waals surface area contributed by atoms with Gasteiger partial charge in [0.15, 0.2) is 6.29 Å². The van der Waals surface area contributed by atoms with Crippen LogP contribution >= 0.6 is 11.6 Å². The highest BCUT2D eigenvalue weighted by molar-refractivity contribution is 6.31. The molecule has 2 rings (SSSR count). The van der Waals surface area contributed by atoms with Crippen LogP contribution in [-0.2, 0) is 17.7 Å². The Bertz CT molecular complexity index is 783. The maximum Gasteiger partial charge on any atom is 0.416 e. The number of amides is 1. The van der Waals surface area contributed by atoms with Crippen molar-refractivity contribution < 1.29 is 14.3 Å². The first kappa shape index (κ1) is 23.6. The summed E-state index contributed by atoms with van der Waals surface area (Å²) in [5.74, 6) is 0.328. The van der Waals surface area contributed by atoms with Gasteiger partial charge in [-0.1, -0.05) is 56.6 Å². The molecule has 2 aromatic rings. The smallest absolute Gasteiger partial charge is 0.416 e. The van der Waals surface area contributed by atoms with E-state index in [2.05, 4.69) is 11.9 Å². The highest BCUT2D eigenvalue weighted by atomic mass is 35.5. The number of nitrogens with zero attached hydrogens (tertiary/aromatic N) is 2. The zero-order valence-electron chi connectivity index (χ0n) is 17.5. The minimum Gasteiger partial charge on any atom is -0.443 e. The molecule has 0 bridgehead atoms. The molecule has 0 aliphatic carbocycles. The molecule has 1 aromatic carbocycles. The number of rotatable bonds is 5. The van der Waals surface area contributed by atoms with Crippen LogP contribution in [0.15, 0.2) is 36.4 Å². The number of hydrogen-bond acceptors (Lipinski definition) is 4. The average molecular weight is 405 g/mol. The Labute approximate surface area is 172 Å². The summed E-state index contributed by atoms with van der Waals surface area (Å²) in [4.78, 5) is 29.2. The van der Waals surface area contributed by atoms with Crippen molar-refractivity contribution in [2.24, 2.45) is 0 Å². The summed E-state index contributed by atoms with van der Waals surface area (Å²) in [5, 5.41) is 0.0485. The zero-order valence-corrected chi connectivity index (χ0v) is 18.2. The van der Waals surface area contributed by atoms with Crippen molar-refractivity contribution in [3.63, 3.8) is 0 Å². The lowest BCUT2D eigenvalue weighted by Gasteiger charge is -2.27. The molecule has 0 spiro atoms. The largest absolute Gasteiger partial charge is 0.443 e. The van der Waals surface area contributed by atoms with Crippen LogP contribution in [0.5, 0.6) is 0 Å². The molecule has 0 aliphatic heterocycles. The number of carbonyl (C=O) groups excluding carboxylic acids is 2. The van der Waals surface area contributed by atoms with Crippen LogP contribution in [0.3, 0.4) is 0 Å². The first-order valence-corrected chi connectivity index (χ1v) is 9.81. The predicted octanol–water partition coefficient (Wildman–Crippen LogP) is 6.08. The average Bonchev–Trinajstić information content (AvgIpc) is 2.66. The van der Waals surface area contributed by atoms with E-state index >= 15 is 0 Å². The van der Waals surface area contributed by atoms with Crippen molar-refractivity contribution in [2.75, 3.05) is 4.90 Å². The van der Waals surface area contributed by atoms with Gasteiger partial charge in [-0.25, -0.2) is 9.78 Å². The molecule has 1 heterocycles. The molecule has 152 valence electrons.